The Hall–Kier alpha value is -3.13. The lowest BCUT2D eigenvalue weighted by molar-refractivity contribution is 0.0290. The number of fused-ring (bicyclic) bond motifs is 1. The van der Waals surface area contributed by atoms with Crippen LogP contribution in [0.3, 0.4) is 0 Å². The molecule has 1 amide bonds. The van der Waals surface area contributed by atoms with Crippen LogP contribution in [0.15, 0.2) is 41.1 Å². The molecule has 0 bridgehead atoms. The molecule has 0 radical (unpaired) electrons. The van der Waals surface area contributed by atoms with Crippen LogP contribution < -0.4 is 10.6 Å². The molecule has 3 heterocycles. The Balaban J connectivity index is 1.50. The number of carbonyl (C=O) groups is 1. The van der Waals surface area contributed by atoms with E-state index in [1.807, 2.05) is 31.2 Å². The number of benzene rings is 1. The van der Waals surface area contributed by atoms with E-state index in [0.29, 0.717) is 48.8 Å². The lowest BCUT2D eigenvalue weighted by Gasteiger charge is -2.26. The minimum absolute atomic E-state index is 0.297. The average Bonchev–Trinajstić information content (AvgIpc) is 3.11. The molecule has 1 fully saturated rings. The fourth-order valence-electron chi connectivity index (χ4n) is 3.54. The van der Waals surface area contributed by atoms with Crippen LogP contribution in [0.2, 0.25) is 0 Å². The minimum Gasteiger partial charge on any atom is -0.448 e. The van der Waals surface area contributed by atoms with Gasteiger partial charge in [0.2, 0.25) is 0 Å². The summed E-state index contributed by atoms with van der Waals surface area (Å²) >= 11 is 3.42. The number of nitrogens with one attached hydrogen (secondary N) is 2. The van der Waals surface area contributed by atoms with Gasteiger partial charge in [0.05, 0.1) is 48.1 Å². The zero-order valence-electron chi connectivity index (χ0n) is 17.6. The van der Waals surface area contributed by atoms with Crippen LogP contribution in [-0.4, -0.2) is 60.1 Å². The number of ether oxygens (including phenoxy) is 2. The average molecular weight is 499 g/mol. The topological polar surface area (TPSA) is 104 Å². The van der Waals surface area contributed by atoms with Gasteiger partial charge in [0.1, 0.15) is 12.7 Å². The molecule has 1 aliphatic rings. The number of morpholine rings is 1. The SMILES string of the molecule is Cc1c(NC(=O)OCCN2CCOCC2)cn2ncc(C#N)c(Nc3ccc(Br)cc3)c12. The van der Waals surface area contributed by atoms with Gasteiger partial charge in [-0.2, -0.15) is 10.4 Å². The number of aryl methyl sites for hydroxylation is 1. The smallest absolute Gasteiger partial charge is 0.411 e. The van der Waals surface area contributed by atoms with Gasteiger partial charge in [-0.15, -0.1) is 0 Å². The van der Waals surface area contributed by atoms with E-state index in [2.05, 4.69) is 42.6 Å². The summed E-state index contributed by atoms with van der Waals surface area (Å²) in [7, 11) is 0. The van der Waals surface area contributed by atoms with Crippen LogP contribution in [0.4, 0.5) is 21.9 Å². The van der Waals surface area contributed by atoms with Crippen LogP contribution in [-0.2, 0) is 9.47 Å². The van der Waals surface area contributed by atoms with Crippen LogP contribution >= 0.6 is 15.9 Å². The van der Waals surface area contributed by atoms with E-state index in [4.69, 9.17) is 9.47 Å². The predicted molar refractivity (Wildman–Crippen MR) is 124 cm³/mol. The second-order valence-electron chi connectivity index (χ2n) is 7.35. The van der Waals surface area contributed by atoms with Crippen molar-refractivity contribution in [1.29, 1.82) is 5.26 Å². The lowest BCUT2D eigenvalue weighted by Crippen LogP contribution is -2.38. The Morgan fingerprint density at radius 2 is 2.06 bits per heavy atom. The maximum absolute atomic E-state index is 12.3. The molecule has 2 N–H and O–H groups in total. The van der Waals surface area contributed by atoms with Crippen LogP contribution in [0.25, 0.3) is 5.52 Å². The minimum atomic E-state index is -0.528. The number of hydrogen-bond donors (Lipinski definition) is 2. The maximum atomic E-state index is 12.3. The molecule has 0 spiro atoms. The number of carbonyl (C=O) groups excluding carboxylic acids is 1. The summed E-state index contributed by atoms with van der Waals surface area (Å²) in [4.78, 5) is 14.5. The monoisotopic (exact) mass is 498 g/mol. The Labute approximate surface area is 194 Å². The molecule has 10 heteroatoms. The van der Waals surface area contributed by atoms with Gasteiger partial charge < -0.3 is 14.8 Å². The largest absolute Gasteiger partial charge is 0.448 e. The van der Waals surface area contributed by atoms with Gasteiger partial charge >= 0.3 is 6.09 Å². The molecule has 32 heavy (non-hydrogen) atoms. The van der Waals surface area contributed by atoms with Gasteiger partial charge in [0, 0.05) is 35.4 Å². The Kier molecular flexibility index (Phi) is 6.90. The van der Waals surface area contributed by atoms with Crippen LogP contribution in [0, 0.1) is 18.3 Å². The second-order valence-corrected chi connectivity index (χ2v) is 8.27. The first-order chi connectivity index (χ1) is 15.5. The number of halogens is 1. The van der Waals surface area contributed by atoms with Crippen molar-refractivity contribution in [3.05, 3.63) is 52.3 Å². The Morgan fingerprint density at radius 1 is 1.31 bits per heavy atom. The highest BCUT2D eigenvalue weighted by molar-refractivity contribution is 9.10. The summed E-state index contributed by atoms with van der Waals surface area (Å²) in [6, 6.07) is 9.83. The lowest BCUT2D eigenvalue weighted by atomic mass is 10.1. The van der Waals surface area contributed by atoms with E-state index in [-0.39, 0.29) is 0 Å². The second kappa shape index (κ2) is 9.99. The van der Waals surface area contributed by atoms with E-state index in [9.17, 15) is 10.1 Å². The van der Waals surface area contributed by atoms with Crippen molar-refractivity contribution in [3.8, 4) is 6.07 Å². The summed E-state index contributed by atoms with van der Waals surface area (Å²) in [5.74, 6) is 0. The zero-order valence-corrected chi connectivity index (χ0v) is 19.2. The van der Waals surface area contributed by atoms with Gasteiger partial charge in [0.15, 0.2) is 0 Å². The van der Waals surface area contributed by atoms with E-state index in [1.165, 1.54) is 6.20 Å². The third-order valence-electron chi connectivity index (χ3n) is 5.27. The first kappa shape index (κ1) is 22.1. The van der Waals surface area contributed by atoms with Gasteiger partial charge in [-0.3, -0.25) is 10.2 Å². The van der Waals surface area contributed by atoms with Gasteiger partial charge in [-0.05, 0) is 31.2 Å². The number of rotatable bonds is 6. The first-order valence-corrected chi connectivity index (χ1v) is 11.0. The highest BCUT2D eigenvalue weighted by Gasteiger charge is 2.18. The molecule has 1 aromatic carbocycles. The molecule has 3 aromatic rings. The number of nitriles is 1. The normalized spacial score (nSPS) is 14.2. The third-order valence-corrected chi connectivity index (χ3v) is 5.80. The predicted octanol–water partition coefficient (Wildman–Crippen LogP) is 3.90. The number of amides is 1. The van der Waals surface area contributed by atoms with Gasteiger partial charge in [-0.1, -0.05) is 15.9 Å². The van der Waals surface area contributed by atoms with Crippen molar-refractivity contribution >= 4 is 44.6 Å². The summed E-state index contributed by atoms with van der Waals surface area (Å²) < 4.78 is 13.3. The highest BCUT2D eigenvalue weighted by atomic mass is 79.9. The number of nitrogens with zero attached hydrogens (tertiary/aromatic N) is 4. The molecular formula is C22H23BrN6O3. The fourth-order valence-corrected chi connectivity index (χ4v) is 3.81. The van der Waals surface area contributed by atoms with Crippen molar-refractivity contribution in [2.24, 2.45) is 0 Å². The van der Waals surface area contributed by atoms with Crippen molar-refractivity contribution < 1.29 is 14.3 Å². The molecule has 0 aliphatic carbocycles. The number of hydrogen-bond acceptors (Lipinski definition) is 7. The van der Waals surface area contributed by atoms with Crippen molar-refractivity contribution in [3.63, 3.8) is 0 Å². The molecule has 166 valence electrons. The fraction of sp³-hybridized carbons (Fsp3) is 0.318. The van der Waals surface area contributed by atoms with E-state index in [0.717, 1.165) is 28.8 Å². The van der Waals surface area contributed by atoms with Crippen molar-refractivity contribution in [2.45, 2.75) is 6.92 Å². The summed E-state index contributed by atoms with van der Waals surface area (Å²) in [5, 5.41) is 20.0. The molecule has 1 saturated heterocycles. The number of aromatic nitrogens is 2. The molecule has 9 nitrogen and oxygen atoms in total. The van der Waals surface area contributed by atoms with Gasteiger partial charge in [0.25, 0.3) is 0 Å². The van der Waals surface area contributed by atoms with Gasteiger partial charge in [-0.25, -0.2) is 9.31 Å². The zero-order chi connectivity index (χ0) is 22.5. The molecule has 0 atom stereocenters. The van der Waals surface area contributed by atoms with Crippen LogP contribution in [0.5, 0.6) is 0 Å². The standard InChI is InChI=1S/C22H23BrN6O3/c1-15-19(27-22(30)32-11-8-28-6-9-31-10-7-28)14-29-21(15)20(16(12-24)13-25-29)26-18-4-2-17(23)3-5-18/h2-5,13-14,26H,6-11H2,1H3,(H,27,30). The van der Waals surface area contributed by atoms with Crippen molar-refractivity contribution in [2.75, 3.05) is 50.1 Å². The molecule has 2 aromatic heterocycles. The molecule has 1 aliphatic heterocycles. The summed E-state index contributed by atoms with van der Waals surface area (Å²) in [6.07, 6.45) is 2.68. The van der Waals surface area contributed by atoms with E-state index >= 15 is 0 Å². The summed E-state index contributed by atoms with van der Waals surface area (Å²) in [5.41, 5.74) is 3.91. The van der Waals surface area contributed by atoms with Crippen LogP contribution in [0.1, 0.15) is 11.1 Å². The molecular weight excluding hydrogens is 476 g/mol. The maximum Gasteiger partial charge on any atom is 0.411 e. The van der Waals surface area contributed by atoms with E-state index in [1.54, 1.807) is 10.7 Å². The molecule has 0 unspecified atom stereocenters. The Morgan fingerprint density at radius 3 is 2.78 bits per heavy atom. The quantitative estimate of drug-likeness (QED) is 0.530. The highest BCUT2D eigenvalue weighted by Crippen LogP contribution is 2.32. The first-order valence-electron chi connectivity index (χ1n) is 10.2. The molecule has 4 rings (SSSR count). The summed E-state index contributed by atoms with van der Waals surface area (Å²) in [6.45, 7) is 5.93. The third kappa shape index (κ3) is 5.02. The van der Waals surface area contributed by atoms with E-state index < -0.39 is 6.09 Å². The number of anilines is 3. The van der Waals surface area contributed by atoms with Crippen molar-refractivity contribution in [1.82, 2.24) is 14.5 Å². The molecule has 0 saturated carbocycles. The Bertz CT molecular complexity index is 1150.